The van der Waals surface area contributed by atoms with Gasteiger partial charge in [0.1, 0.15) is 23.2 Å². The molecule has 0 atom stereocenters. The van der Waals surface area contributed by atoms with E-state index in [-0.39, 0.29) is 35.4 Å². The van der Waals surface area contributed by atoms with Crippen LogP contribution in [-0.2, 0) is 23.1 Å². The molecule has 0 saturated heterocycles. The van der Waals surface area contributed by atoms with Gasteiger partial charge in [-0.25, -0.2) is 8.78 Å². The Balaban J connectivity index is 2.12. The molecule has 0 aliphatic rings. The topological polar surface area (TPSA) is 81.4 Å². The highest BCUT2D eigenvalue weighted by Gasteiger charge is 2.20. The monoisotopic (exact) mass is 433 g/mol. The summed E-state index contributed by atoms with van der Waals surface area (Å²) in [4.78, 5) is 21.6. The molecule has 0 aliphatic heterocycles. The highest BCUT2D eigenvalue weighted by molar-refractivity contribution is 6.36. The number of amides is 1. The first-order valence-electron chi connectivity index (χ1n) is 8.28. The normalized spacial score (nSPS) is 12.0. The molecule has 0 spiro atoms. The Morgan fingerprint density at radius 3 is 2.71 bits per heavy atom. The van der Waals surface area contributed by atoms with Crippen LogP contribution in [0.15, 0.2) is 23.6 Å². The standard InChI is InChI=1S/C17H19Cl2F2N5O2/c1-9(2)28-25-13(16-12(19)5-11(18)6-23-16)7-22-14(27)4-10-8-26(3)24-15(10)17(20)21/h5-6,8-9,17H,4,7H2,1-3H3,(H,22,27)/b25-13-. The van der Waals surface area contributed by atoms with E-state index >= 15 is 0 Å². The number of aromatic nitrogens is 3. The number of pyridine rings is 1. The van der Waals surface area contributed by atoms with E-state index in [1.807, 2.05) is 0 Å². The molecule has 0 unspecified atom stereocenters. The maximum Gasteiger partial charge on any atom is 0.282 e. The maximum absolute atomic E-state index is 13.0. The fourth-order valence-electron chi connectivity index (χ4n) is 2.25. The van der Waals surface area contributed by atoms with Gasteiger partial charge in [-0.05, 0) is 19.9 Å². The van der Waals surface area contributed by atoms with E-state index in [1.165, 1.54) is 30.2 Å². The number of aryl methyl sites for hydroxylation is 1. The van der Waals surface area contributed by atoms with Crippen molar-refractivity contribution in [2.24, 2.45) is 12.2 Å². The Labute approximate surface area is 170 Å². The zero-order valence-corrected chi connectivity index (χ0v) is 16.9. The summed E-state index contributed by atoms with van der Waals surface area (Å²) in [6.07, 6.45) is -0.457. The lowest BCUT2D eigenvalue weighted by molar-refractivity contribution is -0.120. The van der Waals surface area contributed by atoms with Gasteiger partial charge in [0.05, 0.1) is 23.0 Å². The van der Waals surface area contributed by atoms with Gasteiger partial charge in [0.2, 0.25) is 5.91 Å². The van der Waals surface area contributed by atoms with E-state index in [0.29, 0.717) is 10.7 Å². The minimum Gasteiger partial charge on any atom is -0.393 e. The van der Waals surface area contributed by atoms with Crippen LogP contribution in [0.3, 0.4) is 0 Å². The SMILES string of the molecule is CC(C)O/N=C(/CNC(=O)Cc1cn(C)nc1C(F)F)c1ncc(Cl)cc1Cl. The predicted molar refractivity (Wildman–Crippen MR) is 102 cm³/mol. The molecule has 1 N–H and O–H groups in total. The van der Waals surface area contributed by atoms with Crippen LogP contribution in [0, 0.1) is 0 Å². The Morgan fingerprint density at radius 2 is 2.11 bits per heavy atom. The molecule has 0 aliphatic carbocycles. The van der Waals surface area contributed by atoms with E-state index in [1.54, 1.807) is 13.8 Å². The van der Waals surface area contributed by atoms with Crippen LogP contribution >= 0.6 is 23.2 Å². The minimum absolute atomic E-state index is 0.0653. The molecule has 0 fully saturated rings. The van der Waals surface area contributed by atoms with Crippen LogP contribution in [0.2, 0.25) is 10.0 Å². The zero-order chi connectivity index (χ0) is 20.8. The zero-order valence-electron chi connectivity index (χ0n) is 15.4. The summed E-state index contributed by atoms with van der Waals surface area (Å²) >= 11 is 12.0. The quantitative estimate of drug-likeness (QED) is 0.509. The van der Waals surface area contributed by atoms with Gasteiger partial charge >= 0.3 is 0 Å². The van der Waals surface area contributed by atoms with Gasteiger partial charge in [-0.1, -0.05) is 28.4 Å². The Hall–Kier alpha value is -2.26. The Kier molecular flexibility index (Phi) is 7.70. The van der Waals surface area contributed by atoms with E-state index in [4.69, 9.17) is 28.0 Å². The second kappa shape index (κ2) is 9.79. The third-order valence-electron chi connectivity index (χ3n) is 3.40. The molecular weight excluding hydrogens is 415 g/mol. The molecule has 11 heteroatoms. The molecular formula is C17H19Cl2F2N5O2. The lowest BCUT2D eigenvalue weighted by Gasteiger charge is -2.11. The van der Waals surface area contributed by atoms with E-state index in [2.05, 4.69) is 20.6 Å². The molecule has 7 nitrogen and oxygen atoms in total. The summed E-state index contributed by atoms with van der Waals surface area (Å²) in [7, 11) is 1.51. The number of carbonyl (C=O) groups excluding carboxylic acids is 1. The van der Waals surface area contributed by atoms with Gasteiger partial charge in [-0.3, -0.25) is 14.5 Å². The van der Waals surface area contributed by atoms with E-state index in [0.717, 1.165) is 0 Å². The summed E-state index contributed by atoms with van der Waals surface area (Å²) < 4.78 is 27.2. The summed E-state index contributed by atoms with van der Waals surface area (Å²) in [5.74, 6) is -0.489. The first kappa shape index (κ1) is 22.0. The van der Waals surface area contributed by atoms with Crippen molar-refractivity contribution in [2.45, 2.75) is 32.8 Å². The molecule has 2 rings (SSSR count). The first-order valence-corrected chi connectivity index (χ1v) is 9.04. The molecule has 2 aromatic heterocycles. The highest BCUT2D eigenvalue weighted by Crippen LogP contribution is 2.21. The summed E-state index contributed by atoms with van der Waals surface area (Å²) in [6.45, 7) is 3.50. The average Bonchev–Trinajstić information content (AvgIpc) is 2.96. The molecule has 2 heterocycles. The van der Waals surface area contributed by atoms with E-state index in [9.17, 15) is 13.6 Å². The predicted octanol–water partition coefficient (Wildman–Crippen LogP) is 3.55. The number of hydrogen-bond acceptors (Lipinski definition) is 5. The third-order valence-corrected chi connectivity index (χ3v) is 3.90. The lowest BCUT2D eigenvalue weighted by Crippen LogP contribution is -2.32. The van der Waals surface area contributed by atoms with Crippen LogP contribution in [-0.4, -0.2) is 39.0 Å². The van der Waals surface area contributed by atoms with Crippen molar-refractivity contribution in [3.63, 3.8) is 0 Å². The van der Waals surface area contributed by atoms with E-state index < -0.39 is 18.0 Å². The number of hydrogen-bond donors (Lipinski definition) is 1. The van der Waals surface area contributed by atoms with Crippen LogP contribution in [0.5, 0.6) is 0 Å². The smallest absolute Gasteiger partial charge is 0.282 e. The maximum atomic E-state index is 13.0. The van der Waals surface area contributed by atoms with Gasteiger partial charge in [0.25, 0.3) is 6.43 Å². The van der Waals surface area contributed by atoms with Crippen molar-refractivity contribution in [1.82, 2.24) is 20.1 Å². The highest BCUT2D eigenvalue weighted by atomic mass is 35.5. The molecule has 2 aromatic rings. The first-order chi connectivity index (χ1) is 13.2. The molecule has 1 amide bonds. The number of nitrogens with one attached hydrogen (secondary N) is 1. The van der Waals surface area contributed by atoms with Crippen molar-refractivity contribution in [1.29, 1.82) is 0 Å². The van der Waals surface area contributed by atoms with Crippen molar-refractivity contribution in [3.8, 4) is 0 Å². The number of alkyl halides is 2. The van der Waals surface area contributed by atoms with Gasteiger partial charge in [0.15, 0.2) is 0 Å². The summed E-state index contributed by atoms with van der Waals surface area (Å²) in [5, 5.41) is 10.9. The Bertz CT molecular complexity index is 871. The summed E-state index contributed by atoms with van der Waals surface area (Å²) in [6, 6.07) is 1.49. The van der Waals surface area contributed by atoms with Gasteiger partial charge in [-0.2, -0.15) is 5.10 Å². The number of carbonyl (C=O) groups is 1. The van der Waals surface area contributed by atoms with Gasteiger partial charge < -0.3 is 10.2 Å². The van der Waals surface area contributed by atoms with Crippen molar-refractivity contribution < 1.29 is 18.4 Å². The van der Waals surface area contributed by atoms with Crippen LogP contribution in [0.1, 0.15) is 37.2 Å². The van der Waals surface area contributed by atoms with Gasteiger partial charge in [0, 0.05) is 25.0 Å². The molecule has 0 bridgehead atoms. The molecule has 0 saturated carbocycles. The van der Waals surface area contributed by atoms with Crippen molar-refractivity contribution in [2.75, 3.05) is 6.54 Å². The van der Waals surface area contributed by atoms with Crippen molar-refractivity contribution >= 4 is 34.8 Å². The fraction of sp³-hybridized carbons (Fsp3) is 0.412. The Morgan fingerprint density at radius 1 is 1.39 bits per heavy atom. The second-order valence-electron chi connectivity index (χ2n) is 6.14. The molecule has 0 aromatic carbocycles. The summed E-state index contributed by atoms with van der Waals surface area (Å²) in [5.41, 5.74) is 0.289. The largest absolute Gasteiger partial charge is 0.393 e. The third kappa shape index (κ3) is 6.13. The van der Waals surface area contributed by atoms with Crippen LogP contribution in [0.25, 0.3) is 0 Å². The molecule has 0 radical (unpaired) electrons. The lowest BCUT2D eigenvalue weighted by atomic mass is 10.1. The molecule has 28 heavy (non-hydrogen) atoms. The van der Waals surface area contributed by atoms with Crippen LogP contribution in [0.4, 0.5) is 8.78 Å². The molecule has 152 valence electrons. The number of rotatable bonds is 8. The fourth-order valence-corrected chi connectivity index (χ4v) is 2.74. The minimum atomic E-state index is -2.77. The van der Waals surface area contributed by atoms with Crippen LogP contribution < -0.4 is 5.32 Å². The second-order valence-corrected chi connectivity index (χ2v) is 6.99. The van der Waals surface area contributed by atoms with Crippen molar-refractivity contribution in [3.05, 3.63) is 45.5 Å². The van der Waals surface area contributed by atoms with Gasteiger partial charge in [-0.15, -0.1) is 0 Å². The average molecular weight is 434 g/mol. The number of oxime groups is 1. The number of halogens is 4. The number of nitrogens with zero attached hydrogens (tertiary/aromatic N) is 4.